The Balaban J connectivity index is 1.52. The number of hydrogen-bond acceptors (Lipinski definition) is 4. The lowest BCUT2D eigenvalue weighted by Gasteiger charge is -2.33. The Hall–Kier alpha value is -1.00. The van der Waals surface area contributed by atoms with E-state index in [2.05, 4.69) is 26.5 Å². The molecule has 92 valence electrons. The van der Waals surface area contributed by atoms with Crippen molar-refractivity contribution in [3.8, 4) is 0 Å². The molecule has 3 rings (SSSR count). The van der Waals surface area contributed by atoms with Gasteiger partial charge in [0.2, 0.25) is 0 Å². The first-order valence-electron chi connectivity index (χ1n) is 6.65. The van der Waals surface area contributed by atoms with Crippen LogP contribution in [0, 0.1) is 0 Å². The summed E-state index contributed by atoms with van der Waals surface area (Å²) in [4.78, 5) is 2.49. The quantitative estimate of drug-likeness (QED) is 0.846. The summed E-state index contributed by atoms with van der Waals surface area (Å²) in [6.07, 6.45) is 7.11. The Bertz CT molecular complexity index is 350. The highest BCUT2D eigenvalue weighted by Gasteiger charge is 2.27. The summed E-state index contributed by atoms with van der Waals surface area (Å²) in [5, 5.41) is 11.8. The first kappa shape index (κ1) is 11.1. The van der Waals surface area contributed by atoms with E-state index >= 15 is 0 Å². The van der Waals surface area contributed by atoms with Crippen LogP contribution in [0.4, 0.5) is 0 Å². The normalized spacial score (nSPS) is 26.0. The fraction of sp³-hybridized carbons (Fsp3) is 0.692. The Morgan fingerprint density at radius 2 is 2.24 bits per heavy atom. The molecular weight excluding hydrogens is 212 g/mol. The summed E-state index contributed by atoms with van der Waals surface area (Å²) in [5.74, 6) is 0. The minimum Gasteiger partial charge on any atom is -0.310 e. The van der Waals surface area contributed by atoms with Gasteiger partial charge in [0, 0.05) is 31.4 Å². The summed E-state index contributed by atoms with van der Waals surface area (Å²) in [7, 11) is 0. The largest absolute Gasteiger partial charge is 0.310 e. The summed E-state index contributed by atoms with van der Waals surface area (Å²) in [6, 6.07) is 5.53. The van der Waals surface area contributed by atoms with Crippen molar-refractivity contribution in [2.75, 3.05) is 13.1 Å². The van der Waals surface area contributed by atoms with Crippen LogP contribution in [0.25, 0.3) is 0 Å². The molecule has 2 fully saturated rings. The van der Waals surface area contributed by atoms with Gasteiger partial charge in [0.15, 0.2) is 0 Å². The molecule has 17 heavy (non-hydrogen) atoms. The second-order valence-electron chi connectivity index (χ2n) is 5.23. The predicted molar refractivity (Wildman–Crippen MR) is 66.5 cm³/mol. The van der Waals surface area contributed by atoms with Gasteiger partial charge in [0.1, 0.15) is 0 Å². The molecule has 2 heterocycles. The zero-order valence-electron chi connectivity index (χ0n) is 10.2. The van der Waals surface area contributed by atoms with Gasteiger partial charge in [-0.05, 0) is 44.4 Å². The van der Waals surface area contributed by atoms with Crippen LogP contribution < -0.4 is 5.32 Å². The lowest BCUT2D eigenvalue weighted by Crippen LogP contribution is -2.46. The van der Waals surface area contributed by atoms with Crippen LogP contribution in [0.3, 0.4) is 0 Å². The SMILES string of the molecule is c1cnnc(CN2CCCC(NC3CC3)C2)c1. The number of likely N-dealkylation sites (tertiary alicyclic amines) is 1. The Labute approximate surface area is 102 Å². The third-order valence-corrected chi connectivity index (χ3v) is 3.57. The van der Waals surface area contributed by atoms with E-state index in [1.165, 1.54) is 32.2 Å². The van der Waals surface area contributed by atoms with E-state index < -0.39 is 0 Å². The average molecular weight is 232 g/mol. The average Bonchev–Trinajstić information content (AvgIpc) is 3.15. The molecule has 0 bridgehead atoms. The van der Waals surface area contributed by atoms with Crippen molar-refractivity contribution in [3.05, 3.63) is 24.0 Å². The van der Waals surface area contributed by atoms with E-state index in [9.17, 15) is 0 Å². The molecule has 1 N–H and O–H groups in total. The zero-order valence-corrected chi connectivity index (χ0v) is 10.2. The fourth-order valence-electron chi connectivity index (χ4n) is 2.57. The third kappa shape index (κ3) is 3.23. The highest BCUT2D eigenvalue weighted by Crippen LogP contribution is 2.22. The van der Waals surface area contributed by atoms with Crippen LogP contribution >= 0.6 is 0 Å². The molecule has 0 spiro atoms. The van der Waals surface area contributed by atoms with Gasteiger partial charge < -0.3 is 5.32 Å². The zero-order chi connectivity index (χ0) is 11.5. The van der Waals surface area contributed by atoms with Gasteiger partial charge >= 0.3 is 0 Å². The highest BCUT2D eigenvalue weighted by molar-refractivity contribution is 4.99. The molecule has 1 saturated heterocycles. The summed E-state index contributed by atoms with van der Waals surface area (Å²) in [6.45, 7) is 3.29. The molecule has 1 aliphatic heterocycles. The smallest absolute Gasteiger partial charge is 0.0771 e. The van der Waals surface area contributed by atoms with Crippen molar-refractivity contribution in [2.24, 2.45) is 0 Å². The van der Waals surface area contributed by atoms with Gasteiger partial charge in [-0.3, -0.25) is 4.90 Å². The summed E-state index contributed by atoms with van der Waals surface area (Å²) in [5.41, 5.74) is 1.08. The number of nitrogens with one attached hydrogen (secondary N) is 1. The molecular formula is C13H20N4. The van der Waals surface area contributed by atoms with Crippen molar-refractivity contribution in [1.82, 2.24) is 20.4 Å². The Morgan fingerprint density at radius 1 is 1.29 bits per heavy atom. The van der Waals surface area contributed by atoms with Gasteiger partial charge in [-0.15, -0.1) is 0 Å². The molecule has 0 radical (unpaired) electrons. The number of hydrogen-bond donors (Lipinski definition) is 1. The van der Waals surface area contributed by atoms with Crippen molar-refractivity contribution in [2.45, 2.75) is 44.3 Å². The molecule has 0 amide bonds. The summed E-state index contributed by atoms with van der Waals surface area (Å²) < 4.78 is 0. The van der Waals surface area contributed by atoms with Crippen LogP contribution in [0.1, 0.15) is 31.4 Å². The second-order valence-corrected chi connectivity index (χ2v) is 5.23. The van der Waals surface area contributed by atoms with Crippen molar-refractivity contribution < 1.29 is 0 Å². The lowest BCUT2D eigenvalue weighted by molar-refractivity contribution is 0.180. The second kappa shape index (κ2) is 5.10. The summed E-state index contributed by atoms with van der Waals surface area (Å²) >= 11 is 0. The van der Waals surface area contributed by atoms with Crippen LogP contribution in [0.2, 0.25) is 0 Å². The topological polar surface area (TPSA) is 41.1 Å². The molecule has 2 aliphatic rings. The van der Waals surface area contributed by atoms with Crippen LogP contribution in [0.15, 0.2) is 18.3 Å². The van der Waals surface area contributed by atoms with Gasteiger partial charge in [0.05, 0.1) is 5.69 Å². The minimum atomic E-state index is 0.688. The number of aromatic nitrogens is 2. The maximum Gasteiger partial charge on any atom is 0.0771 e. The molecule has 4 nitrogen and oxygen atoms in total. The first-order chi connectivity index (χ1) is 8.40. The standard InChI is InChI=1S/C13H20N4/c1-3-13(16-14-7-1)10-17-8-2-4-12(9-17)15-11-5-6-11/h1,3,7,11-12,15H,2,4-6,8-10H2. The van der Waals surface area contributed by atoms with Crippen molar-refractivity contribution >= 4 is 0 Å². The molecule has 0 aromatic carbocycles. The number of piperidine rings is 1. The van der Waals surface area contributed by atoms with Gasteiger partial charge in [-0.1, -0.05) is 0 Å². The van der Waals surface area contributed by atoms with E-state index in [0.717, 1.165) is 24.8 Å². The van der Waals surface area contributed by atoms with Gasteiger partial charge in [-0.25, -0.2) is 0 Å². The predicted octanol–water partition coefficient (Wildman–Crippen LogP) is 1.19. The third-order valence-electron chi connectivity index (χ3n) is 3.57. The van der Waals surface area contributed by atoms with Crippen LogP contribution in [-0.4, -0.2) is 40.3 Å². The molecule has 1 aromatic heterocycles. The molecule has 1 unspecified atom stereocenters. The molecule has 1 aliphatic carbocycles. The number of nitrogens with zero attached hydrogens (tertiary/aromatic N) is 3. The fourth-order valence-corrected chi connectivity index (χ4v) is 2.57. The van der Waals surface area contributed by atoms with Crippen molar-refractivity contribution in [3.63, 3.8) is 0 Å². The van der Waals surface area contributed by atoms with E-state index in [1.807, 2.05) is 6.07 Å². The van der Waals surface area contributed by atoms with Gasteiger partial charge in [0.25, 0.3) is 0 Å². The molecule has 1 atom stereocenters. The van der Waals surface area contributed by atoms with Crippen LogP contribution in [-0.2, 0) is 6.54 Å². The first-order valence-corrected chi connectivity index (χ1v) is 6.65. The molecule has 1 aromatic rings. The Morgan fingerprint density at radius 3 is 3.00 bits per heavy atom. The molecule has 1 saturated carbocycles. The lowest BCUT2D eigenvalue weighted by atomic mass is 10.1. The minimum absolute atomic E-state index is 0.688. The van der Waals surface area contributed by atoms with E-state index in [0.29, 0.717) is 6.04 Å². The maximum atomic E-state index is 4.16. The van der Waals surface area contributed by atoms with Gasteiger partial charge in [-0.2, -0.15) is 10.2 Å². The van der Waals surface area contributed by atoms with Crippen LogP contribution in [0.5, 0.6) is 0 Å². The highest BCUT2D eigenvalue weighted by atomic mass is 15.2. The monoisotopic (exact) mass is 232 g/mol. The van der Waals surface area contributed by atoms with Crippen molar-refractivity contribution in [1.29, 1.82) is 0 Å². The van der Waals surface area contributed by atoms with E-state index in [-0.39, 0.29) is 0 Å². The van der Waals surface area contributed by atoms with E-state index in [4.69, 9.17) is 0 Å². The maximum absolute atomic E-state index is 4.16. The molecule has 4 heteroatoms. The Kier molecular flexibility index (Phi) is 3.34. The van der Waals surface area contributed by atoms with E-state index in [1.54, 1.807) is 6.20 Å². The number of rotatable bonds is 4.